The van der Waals surface area contributed by atoms with Crippen LogP contribution in [0.2, 0.25) is 0 Å². The minimum atomic E-state index is -2.57. The van der Waals surface area contributed by atoms with Crippen molar-refractivity contribution >= 4 is 11.6 Å². The van der Waals surface area contributed by atoms with E-state index in [4.69, 9.17) is 4.74 Å². The van der Waals surface area contributed by atoms with Gasteiger partial charge in [-0.1, -0.05) is 30.7 Å². The Bertz CT molecular complexity index is 729. The summed E-state index contributed by atoms with van der Waals surface area (Å²) in [6.07, 6.45) is -2.26. The van der Waals surface area contributed by atoms with Crippen molar-refractivity contribution in [2.24, 2.45) is 0 Å². The topological polar surface area (TPSA) is 38.3 Å². The van der Waals surface area contributed by atoms with E-state index < -0.39 is 6.43 Å². The molecule has 0 radical (unpaired) electrons. The summed E-state index contributed by atoms with van der Waals surface area (Å²) >= 11 is 0. The lowest BCUT2D eigenvalue weighted by molar-refractivity contribution is -0.115. The number of carbonyl (C=O) groups excluding carboxylic acids is 1. The third-order valence-electron chi connectivity index (χ3n) is 3.69. The van der Waals surface area contributed by atoms with Crippen LogP contribution in [0.1, 0.15) is 42.0 Å². The average Bonchev–Trinajstić information content (AvgIpc) is 2.54. The van der Waals surface area contributed by atoms with Crippen molar-refractivity contribution in [1.29, 1.82) is 0 Å². The molecule has 0 heterocycles. The largest absolute Gasteiger partial charge is 0.489 e. The molecule has 1 N–H and O–H groups in total. The highest BCUT2D eigenvalue weighted by Gasteiger charge is 2.13. The van der Waals surface area contributed by atoms with E-state index in [0.29, 0.717) is 23.4 Å². The molecule has 2 aromatic rings. The van der Waals surface area contributed by atoms with Gasteiger partial charge in [-0.05, 0) is 37.6 Å². The maximum Gasteiger partial charge on any atom is 0.263 e. The quantitative estimate of drug-likeness (QED) is 0.792. The highest BCUT2D eigenvalue weighted by molar-refractivity contribution is 5.91. The molecule has 0 bridgehead atoms. The van der Waals surface area contributed by atoms with Gasteiger partial charge in [0.1, 0.15) is 12.4 Å². The fourth-order valence-electron chi connectivity index (χ4n) is 2.35. The molecule has 0 aliphatic heterocycles. The van der Waals surface area contributed by atoms with Crippen LogP contribution < -0.4 is 10.1 Å². The van der Waals surface area contributed by atoms with Crippen molar-refractivity contribution in [2.75, 3.05) is 5.32 Å². The van der Waals surface area contributed by atoms with Gasteiger partial charge in [-0.25, -0.2) is 8.78 Å². The predicted molar refractivity (Wildman–Crippen MR) is 90.6 cm³/mol. The van der Waals surface area contributed by atoms with Crippen molar-refractivity contribution in [1.82, 2.24) is 0 Å². The Morgan fingerprint density at radius 2 is 1.92 bits per heavy atom. The van der Waals surface area contributed by atoms with Crippen LogP contribution in [0.4, 0.5) is 14.5 Å². The third-order valence-corrected chi connectivity index (χ3v) is 3.69. The van der Waals surface area contributed by atoms with E-state index in [0.717, 1.165) is 11.1 Å². The molecule has 0 aliphatic carbocycles. The third kappa shape index (κ3) is 4.54. The van der Waals surface area contributed by atoms with Crippen LogP contribution in [-0.4, -0.2) is 5.91 Å². The Labute approximate surface area is 140 Å². The number of carbonyl (C=O) groups is 1. The van der Waals surface area contributed by atoms with Gasteiger partial charge in [0.15, 0.2) is 0 Å². The number of amides is 1. The van der Waals surface area contributed by atoms with E-state index in [1.54, 1.807) is 6.92 Å². The molecule has 2 aromatic carbocycles. The van der Waals surface area contributed by atoms with Crippen LogP contribution >= 0.6 is 0 Å². The van der Waals surface area contributed by atoms with E-state index in [1.165, 1.54) is 18.2 Å². The second-order valence-electron chi connectivity index (χ2n) is 5.68. The van der Waals surface area contributed by atoms with Gasteiger partial charge in [-0.3, -0.25) is 4.79 Å². The molecule has 5 heteroatoms. The highest BCUT2D eigenvalue weighted by atomic mass is 19.3. The summed E-state index contributed by atoms with van der Waals surface area (Å²) in [5.74, 6) is 0.517. The number of hydrogen-bond acceptors (Lipinski definition) is 2. The van der Waals surface area contributed by atoms with Crippen LogP contribution in [0.5, 0.6) is 5.75 Å². The molecule has 0 spiro atoms. The maximum atomic E-state index is 13.0. The smallest absolute Gasteiger partial charge is 0.263 e. The summed E-state index contributed by atoms with van der Waals surface area (Å²) in [6, 6.07) is 9.96. The number of rotatable bonds is 6. The van der Waals surface area contributed by atoms with E-state index >= 15 is 0 Å². The molecule has 0 aromatic heterocycles. The Hall–Kier alpha value is -2.43. The molecule has 0 atom stereocenters. The summed E-state index contributed by atoms with van der Waals surface area (Å²) in [6.45, 7) is 5.75. The van der Waals surface area contributed by atoms with Crippen molar-refractivity contribution in [3.8, 4) is 5.75 Å². The Morgan fingerprint density at radius 1 is 1.17 bits per heavy atom. The van der Waals surface area contributed by atoms with Crippen molar-refractivity contribution in [3.63, 3.8) is 0 Å². The van der Waals surface area contributed by atoms with Crippen molar-refractivity contribution in [2.45, 2.75) is 40.2 Å². The van der Waals surface area contributed by atoms with E-state index in [2.05, 4.69) is 5.32 Å². The second-order valence-corrected chi connectivity index (χ2v) is 5.68. The molecular weight excluding hydrogens is 312 g/mol. The summed E-state index contributed by atoms with van der Waals surface area (Å²) in [5.41, 5.74) is 3.02. The first-order chi connectivity index (χ1) is 11.4. The monoisotopic (exact) mass is 333 g/mol. The average molecular weight is 333 g/mol. The number of halogens is 2. The first kappa shape index (κ1) is 17.9. The molecule has 24 heavy (non-hydrogen) atoms. The Kier molecular flexibility index (Phi) is 5.90. The first-order valence-corrected chi connectivity index (χ1v) is 7.81. The molecular formula is C19H21F2NO2. The molecule has 3 nitrogen and oxygen atoms in total. The van der Waals surface area contributed by atoms with Gasteiger partial charge in [0.05, 0.1) is 0 Å². The molecule has 0 aliphatic rings. The number of alkyl halides is 2. The summed E-state index contributed by atoms with van der Waals surface area (Å²) in [7, 11) is 0. The molecule has 0 saturated carbocycles. The molecule has 0 unspecified atom stereocenters. The van der Waals surface area contributed by atoms with Crippen molar-refractivity contribution in [3.05, 3.63) is 58.7 Å². The van der Waals surface area contributed by atoms with E-state index in [9.17, 15) is 13.6 Å². The molecule has 128 valence electrons. The molecule has 1 amide bonds. The molecule has 0 fully saturated rings. The number of anilines is 1. The zero-order chi connectivity index (χ0) is 17.7. The fraction of sp³-hybridized carbons (Fsp3) is 0.316. The number of ether oxygens (including phenoxy) is 1. The number of hydrogen-bond donors (Lipinski definition) is 1. The standard InChI is InChI=1S/C19H21F2NO2/c1-4-18(23)22-16-7-6-14(19(20)21)10-15(16)11-24-17-8-5-12(2)9-13(17)3/h5-10,19H,4,11H2,1-3H3,(H,22,23). The predicted octanol–water partition coefficient (Wildman–Crippen LogP) is 5.17. The Morgan fingerprint density at radius 3 is 2.54 bits per heavy atom. The first-order valence-electron chi connectivity index (χ1n) is 7.81. The normalized spacial score (nSPS) is 10.8. The number of benzene rings is 2. The SMILES string of the molecule is CCC(=O)Nc1ccc(C(F)F)cc1COc1ccc(C)cc1C. The zero-order valence-corrected chi connectivity index (χ0v) is 14.0. The maximum absolute atomic E-state index is 13.0. The van der Waals surface area contributed by atoms with Gasteiger partial charge in [-0.15, -0.1) is 0 Å². The summed E-state index contributed by atoms with van der Waals surface area (Å²) in [5, 5.41) is 2.72. The fourth-order valence-corrected chi connectivity index (χ4v) is 2.35. The van der Waals surface area contributed by atoms with Gasteiger partial charge in [0, 0.05) is 23.2 Å². The van der Waals surface area contributed by atoms with Gasteiger partial charge < -0.3 is 10.1 Å². The lowest BCUT2D eigenvalue weighted by Gasteiger charge is -2.15. The van der Waals surface area contributed by atoms with Crippen LogP contribution in [0.3, 0.4) is 0 Å². The zero-order valence-electron chi connectivity index (χ0n) is 14.0. The minimum Gasteiger partial charge on any atom is -0.489 e. The lowest BCUT2D eigenvalue weighted by Crippen LogP contribution is -2.12. The minimum absolute atomic E-state index is 0.0938. The van der Waals surface area contributed by atoms with Gasteiger partial charge >= 0.3 is 0 Å². The van der Waals surface area contributed by atoms with Crippen molar-refractivity contribution < 1.29 is 18.3 Å². The number of nitrogens with one attached hydrogen (secondary N) is 1. The van der Waals surface area contributed by atoms with Crippen LogP contribution in [0, 0.1) is 13.8 Å². The Balaban J connectivity index is 2.24. The highest BCUT2D eigenvalue weighted by Crippen LogP contribution is 2.27. The van der Waals surface area contributed by atoms with Gasteiger partial charge in [-0.2, -0.15) is 0 Å². The second kappa shape index (κ2) is 7.90. The van der Waals surface area contributed by atoms with Crippen LogP contribution in [0.25, 0.3) is 0 Å². The van der Waals surface area contributed by atoms with Gasteiger partial charge in [0.25, 0.3) is 6.43 Å². The van der Waals surface area contributed by atoms with E-state index in [-0.39, 0.29) is 18.1 Å². The van der Waals surface area contributed by atoms with Crippen LogP contribution in [0.15, 0.2) is 36.4 Å². The molecule has 0 saturated heterocycles. The van der Waals surface area contributed by atoms with E-state index in [1.807, 2.05) is 32.0 Å². The lowest BCUT2D eigenvalue weighted by atomic mass is 10.1. The molecule has 2 rings (SSSR count). The van der Waals surface area contributed by atoms with Gasteiger partial charge in [0.2, 0.25) is 5.91 Å². The summed E-state index contributed by atoms with van der Waals surface area (Å²) < 4.78 is 31.7. The summed E-state index contributed by atoms with van der Waals surface area (Å²) in [4.78, 5) is 11.6. The van der Waals surface area contributed by atoms with Crippen LogP contribution in [-0.2, 0) is 11.4 Å². The number of aryl methyl sites for hydroxylation is 2.